The number of pyridine rings is 1. The molecule has 2 heterocycles. The molecule has 80 valence electrons. The summed E-state index contributed by atoms with van der Waals surface area (Å²) in [5.41, 5.74) is 7.21. The molecule has 1 aliphatic heterocycles. The minimum absolute atomic E-state index is 0.0706. The van der Waals surface area contributed by atoms with Crippen LogP contribution >= 0.6 is 0 Å². The van der Waals surface area contributed by atoms with Gasteiger partial charge in [-0.05, 0) is 37.9 Å². The van der Waals surface area contributed by atoms with Gasteiger partial charge in [0.15, 0.2) is 5.78 Å². The molecule has 1 unspecified atom stereocenters. The summed E-state index contributed by atoms with van der Waals surface area (Å²) in [7, 11) is 0. The Kier molecular flexibility index (Phi) is 2.68. The predicted octanol–water partition coefficient (Wildman–Crippen LogP) is 0.907. The number of ketones is 1. The Morgan fingerprint density at radius 2 is 2.47 bits per heavy atom. The Balaban J connectivity index is 2.27. The maximum absolute atomic E-state index is 12.0. The van der Waals surface area contributed by atoms with Gasteiger partial charge in [0, 0.05) is 6.20 Å². The molecule has 0 amide bonds. The molecule has 0 saturated carbocycles. The van der Waals surface area contributed by atoms with Gasteiger partial charge >= 0.3 is 0 Å². The van der Waals surface area contributed by atoms with Crippen LogP contribution in [0.1, 0.15) is 28.8 Å². The van der Waals surface area contributed by atoms with Crippen molar-refractivity contribution in [2.45, 2.75) is 25.8 Å². The zero-order chi connectivity index (χ0) is 10.8. The van der Waals surface area contributed by atoms with E-state index in [1.165, 1.54) is 0 Å². The number of aromatic nitrogens is 1. The molecule has 1 fully saturated rings. The van der Waals surface area contributed by atoms with Crippen LogP contribution in [0.5, 0.6) is 0 Å². The lowest BCUT2D eigenvalue weighted by Gasteiger charge is -2.10. The molecule has 2 rings (SSSR count). The van der Waals surface area contributed by atoms with Gasteiger partial charge in [-0.25, -0.2) is 4.98 Å². The molecule has 0 bridgehead atoms. The number of hydrogen-bond donors (Lipinski definition) is 2. The van der Waals surface area contributed by atoms with Crippen molar-refractivity contribution in [1.29, 1.82) is 0 Å². The van der Waals surface area contributed by atoms with Crippen LogP contribution in [0.4, 0.5) is 5.82 Å². The largest absolute Gasteiger partial charge is 0.383 e. The molecule has 0 radical (unpaired) electrons. The van der Waals surface area contributed by atoms with Crippen molar-refractivity contribution >= 4 is 11.6 Å². The second-order valence-electron chi connectivity index (χ2n) is 3.96. The van der Waals surface area contributed by atoms with E-state index in [0.717, 1.165) is 24.9 Å². The summed E-state index contributed by atoms with van der Waals surface area (Å²) in [6, 6.07) is 1.74. The van der Waals surface area contributed by atoms with Crippen molar-refractivity contribution in [1.82, 2.24) is 10.3 Å². The molecule has 4 nitrogen and oxygen atoms in total. The topological polar surface area (TPSA) is 68.0 Å². The molecule has 1 atom stereocenters. The molecular formula is C11H15N3O. The SMILES string of the molecule is Cc1cnc(N)c(C(=O)C2CCCN2)c1. The summed E-state index contributed by atoms with van der Waals surface area (Å²) in [6.45, 7) is 2.82. The maximum Gasteiger partial charge on any atom is 0.183 e. The first-order valence-electron chi connectivity index (χ1n) is 5.18. The van der Waals surface area contributed by atoms with Crippen LogP contribution in [-0.2, 0) is 0 Å². The molecule has 3 N–H and O–H groups in total. The Hall–Kier alpha value is -1.42. The number of carbonyl (C=O) groups excluding carboxylic acids is 1. The highest BCUT2D eigenvalue weighted by Gasteiger charge is 2.24. The van der Waals surface area contributed by atoms with E-state index in [1.807, 2.05) is 13.0 Å². The van der Waals surface area contributed by atoms with Crippen LogP contribution in [0.3, 0.4) is 0 Å². The van der Waals surface area contributed by atoms with E-state index >= 15 is 0 Å². The van der Waals surface area contributed by atoms with Gasteiger partial charge in [0.05, 0.1) is 11.6 Å². The summed E-state index contributed by atoms with van der Waals surface area (Å²) in [5, 5.41) is 3.17. The summed E-state index contributed by atoms with van der Waals surface area (Å²) in [4.78, 5) is 16.0. The first-order valence-corrected chi connectivity index (χ1v) is 5.18. The monoisotopic (exact) mass is 205 g/mol. The Bertz CT molecular complexity index is 383. The fourth-order valence-electron chi connectivity index (χ4n) is 1.87. The van der Waals surface area contributed by atoms with Crippen LogP contribution in [-0.4, -0.2) is 23.4 Å². The molecule has 1 saturated heterocycles. The van der Waals surface area contributed by atoms with Crippen LogP contribution in [0.2, 0.25) is 0 Å². The van der Waals surface area contributed by atoms with Crippen molar-refractivity contribution in [3.8, 4) is 0 Å². The highest BCUT2D eigenvalue weighted by atomic mass is 16.1. The molecular weight excluding hydrogens is 190 g/mol. The number of nitrogen functional groups attached to an aromatic ring is 1. The minimum atomic E-state index is -0.0732. The van der Waals surface area contributed by atoms with E-state index in [4.69, 9.17) is 5.73 Å². The maximum atomic E-state index is 12.0. The van der Waals surface area contributed by atoms with E-state index in [-0.39, 0.29) is 11.8 Å². The van der Waals surface area contributed by atoms with Gasteiger partial charge in [-0.3, -0.25) is 4.79 Å². The number of Topliss-reactive ketones (excluding diaryl/α,β-unsaturated/α-hetero) is 1. The van der Waals surface area contributed by atoms with E-state index in [9.17, 15) is 4.79 Å². The highest BCUT2D eigenvalue weighted by molar-refractivity contribution is 6.03. The predicted molar refractivity (Wildman–Crippen MR) is 58.7 cm³/mol. The van der Waals surface area contributed by atoms with Gasteiger partial charge in [0.25, 0.3) is 0 Å². The van der Waals surface area contributed by atoms with Crippen LogP contribution < -0.4 is 11.1 Å². The van der Waals surface area contributed by atoms with Crippen molar-refractivity contribution < 1.29 is 4.79 Å². The summed E-state index contributed by atoms with van der Waals surface area (Å²) in [5.74, 6) is 0.403. The van der Waals surface area contributed by atoms with Crippen LogP contribution in [0.25, 0.3) is 0 Å². The van der Waals surface area contributed by atoms with Crippen molar-refractivity contribution in [2.24, 2.45) is 0 Å². The number of nitrogens with zero attached hydrogens (tertiary/aromatic N) is 1. The van der Waals surface area contributed by atoms with Gasteiger partial charge < -0.3 is 11.1 Å². The molecule has 1 aliphatic rings. The number of anilines is 1. The first-order chi connectivity index (χ1) is 7.18. The first kappa shape index (κ1) is 10.1. The smallest absolute Gasteiger partial charge is 0.183 e. The van der Waals surface area contributed by atoms with Gasteiger partial charge in [-0.1, -0.05) is 0 Å². The lowest BCUT2D eigenvalue weighted by Crippen LogP contribution is -2.31. The van der Waals surface area contributed by atoms with Gasteiger partial charge in [0.1, 0.15) is 5.82 Å². The van der Waals surface area contributed by atoms with E-state index in [1.54, 1.807) is 6.20 Å². The number of nitrogens with two attached hydrogens (primary N) is 1. The summed E-state index contributed by atoms with van der Waals surface area (Å²) >= 11 is 0. The average molecular weight is 205 g/mol. The van der Waals surface area contributed by atoms with E-state index < -0.39 is 0 Å². The summed E-state index contributed by atoms with van der Waals surface area (Å²) in [6.07, 6.45) is 3.62. The fourth-order valence-corrected chi connectivity index (χ4v) is 1.87. The zero-order valence-corrected chi connectivity index (χ0v) is 8.79. The molecule has 0 spiro atoms. The fraction of sp³-hybridized carbons (Fsp3) is 0.455. The van der Waals surface area contributed by atoms with Crippen molar-refractivity contribution in [2.75, 3.05) is 12.3 Å². The average Bonchev–Trinajstić information content (AvgIpc) is 2.74. The number of nitrogens with one attached hydrogen (secondary N) is 1. The van der Waals surface area contributed by atoms with Crippen molar-refractivity contribution in [3.63, 3.8) is 0 Å². The molecule has 1 aromatic rings. The zero-order valence-electron chi connectivity index (χ0n) is 8.79. The second-order valence-corrected chi connectivity index (χ2v) is 3.96. The molecule has 0 aliphatic carbocycles. The second kappa shape index (κ2) is 3.98. The number of aryl methyl sites for hydroxylation is 1. The lowest BCUT2D eigenvalue weighted by molar-refractivity contribution is 0.0953. The standard InChI is InChI=1S/C11H15N3O/c1-7-5-8(11(12)14-6-7)10(15)9-3-2-4-13-9/h5-6,9,13H,2-4H2,1H3,(H2,12,14). The summed E-state index contributed by atoms with van der Waals surface area (Å²) < 4.78 is 0. The number of rotatable bonds is 2. The molecule has 0 aromatic carbocycles. The molecule has 15 heavy (non-hydrogen) atoms. The van der Waals surface area contributed by atoms with Gasteiger partial charge in [-0.2, -0.15) is 0 Å². The van der Waals surface area contributed by atoms with E-state index in [2.05, 4.69) is 10.3 Å². The molecule has 4 heteroatoms. The number of carbonyl (C=O) groups is 1. The Morgan fingerprint density at radius 1 is 1.67 bits per heavy atom. The van der Waals surface area contributed by atoms with Crippen molar-refractivity contribution in [3.05, 3.63) is 23.4 Å². The van der Waals surface area contributed by atoms with Crippen LogP contribution in [0.15, 0.2) is 12.3 Å². The third-order valence-electron chi connectivity index (χ3n) is 2.70. The quantitative estimate of drug-likeness (QED) is 0.704. The Morgan fingerprint density at radius 3 is 3.13 bits per heavy atom. The third-order valence-corrected chi connectivity index (χ3v) is 2.70. The lowest BCUT2D eigenvalue weighted by atomic mass is 10.0. The minimum Gasteiger partial charge on any atom is -0.383 e. The highest BCUT2D eigenvalue weighted by Crippen LogP contribution is 2.17. The van der Waals surface area contributed by atoms with E-state index in [0.29, 0.717) is 11.4 Å². The third kappa shape index (κ3) is 1.99. The van der Waals surface area contributed by atoms with Gasteiger partial charge in [0.2, 0.25) is 0 Å². The number of hydrogen-bond acceptors (Lipinski definition) is 4. The molecule has 1 aromatic heterocycles. The Labute approximate surface area is 88.9 Å². The van der Waals surface area contributed by atoms with Crippen LogP contribution in [0, 0.1) is 6.92 Å². The normalized spacial score (nSPS) is 20.5. The van der Waals surface area contributed by atoms with Gasteiger partial charge in [-0.15, -0.1) is 0 Å².